The fraction of sp³-hybridized carbons (Fsp3) is 0.778. The molecular formula is C27H43NO2. The number of aliphatic hydroxyl groups excluding tert-OH is 1. The van der Waals surface area contributed by atoms with Crippen molar-refractivity contribution in [3.05, 3.63) is 35.9 Å². The van der Waals surface area contributed by atoms with Crippen LogP contribution < -0.4 is 0 Å². The number of β-amino-alcohol motifs (C(OH)–C–C–N with tert-alkyl or cyclic N) is 1. The van der Waals surface area contributed by atoms with Crippen molar-refractivity contribution >= 4 is 0 Å². The van der Waals surface area contributed by atoms with Crippen LogP contribution in [0.15, 0.2) is 30.3 Å². The lowest BCUT2D eigenvalue weighted by atomic mass is 9.50. The molecule has 3 fully saturated rings. The van der Waals surface area contributed by atoms with Crippen LogP contribution in [0, 0.1) is 23.2 Å². The van der Waals surface area contributed by atoms with Crippen LogP contribution >= 0.6 is 0 Å². The number of benzene rings is 1. The molecule has 3 heteroatoms. The lowest BCUT2D eigenvalue weighted by Gasteiger charge is -2.55. The van der Waals surface area contributed by atoms with E-state index in [1.807, 2.05) is 0 Å². The second kappa shape index (κ2) is 9.30. The van der Waals surface area contributed by atoms with E-state index < -0.39 is 0 Å². The molecule has 1 heterocycles. The summed E-state index contributed by atoms with van der Waals surface area (Å²) in [5.41, 5.74) is 2.05. The van der Waals surface area contributed by atoms with Gasteiger partial charge in [-0.1, -0.05) is 51.1 Å². The first-order valence-electron chi connectivity index (χ1n) is 12.4. The van der Waals surface area contributed by atoms with E-state index in [9.17, 15) is 5.11 Å². The summed E-state index contributed by atoms with van der Waals surface area (Å²) in [6.07, 6.45) is 8.64. The van der Waals surface area contributed by atoms with Crippen LogP contribution in [0.5, 0.6) is 0 Å². The minimum Gasteiger partial charge on any atom is -0.389 e. The smallest absolute Gasteiger partial charge is 0.0900 e. The number of ether oxygens (including phenoxy) is 1. The van der Waals surface area contributed by atoms with Crippen molar-refractivity contribution in [1.29, 1.82) is 0 Å². The summed E-state index contributed by atoms with van der Waals surface area (Å²) in [6, 6.07) is 11.3. The van der Waals surface area contributed by atoms with E-state index in [2.05, 4.69) is 56.0 Å². The van der Waals surface area contributed by atoms with Gasteiger partial charge in [0.05, 0.1) is 19.3 Å². The van der Waals surface area contributed by atoms with Crippen LogP contribution in [-0.4, -0.2) is 49.0 Å². The van der Waals surface area contributed by atoms with Gasteiger partial charge in [0.1, 0.15) is 0 Å². The molecular weight excluding hydrogens is 370 g/mol. The molecule has 30 heavy (non-hydrogen) atoms. The van der Waals surface area contributed by atoms with Crippen LogP contribution in [-0.2, 0) is 10.2 Å². The van der Waals surface area contributed by atoms with Gasteiger partial charge in [-0.15, -0.1) is 0 Å². The van der Waals surface area contributed by atoms with Crippen molar-refractivity contribution in [1.82, 2.24) is 4.90 Å². The average molecular weight is 414 g/mol. The summed E-state index contributed by atoms with van der Waals surface area (Å²) in [7, 11) is 0. The van der Waals surface area contributed by atoms with Crippen molar-refractivity contribution in [3.8, 4) is 0 Å². The minimum absolute atomic E-state index is 0.208. The van der Waals surface area contributed by atoms with Gasteiger partial charge in [-0.05, 0) is 92.2 Å². The van der Waals surface area contributed by atoms with Crippen molar-refractivity contribution in [2.24, 2.45) is 23.2 Å². The Morgan fingerprint density at radius 3 is 2.53 bits per heavy atom. The first-order chi connectivity index (χ1) is 14.4. The molecule has 5 unspecified atom stereocenters. The van der Waals surface area contributed by atoms with Gasteiger partial charge in [0.25, 0.3) is 0 Å². The second-order valence-electron chi connectivity index (χ2n) is 11.6. The highest BCUT2D eigenvalue weighted by atomic mass is 16.5. The van der Waals surface area contributed by atoms with Gasteiger partial charge < -0.3 is 14.7 Å². The van der Waals surface area contributed by atoms with Gasteiger partial charge in [0.2, 0.25) is 0 Å². The van der Waals surface area contributed by atoms with Crippen molar-refractivity contribution in [2.45, 2.75) is 77.2 Å². The highest BCUT2D eigenvalue weighted by molar-refractivity contribution is 5.28. The first kappa shape index (κ1) is 22.3. The molecule has 4 rings (SSSR count). The number of rotatable bonds is 7. The van der Waals surface area contributed by atoms with Gasteiger partial charge >= 0.3 is 0 Å². The molecule has 0 radical (unpaired) electrons. The third-order valence-electron chi connectivity index (χ3n) is 8.19. The summed E-state index contributed by atoms with van der Waals surface area (Å²) >= 11 is 0. The molecule has 3 nitrogen and oxygen atoms in total. The summed E-state index contributed by atoms with van der Waals surface area (Å²) in [5, 5.41) is 10.5. The lowest BCUT2D eigenvalue weighted by Crippen LogP contribution is -2.48. The van der Waals surface area contributed by atoms with E-state index in [4.69, 9.17) is 4.74 Å². The first-order valence-corrected chi connectivity index (χ1v) is 12.4. The van der Waals surface area contributed by atoms with Gasteiger partial charge in [0, 0.05) is 6.54 Å². The van der Waals surface area contributed by atoms with Gasteiger partial charge in [-0.3, -0.25) is 0 Å². The molecule has 1 aromatic rings. The van der Waals surface area contributed by atoms with E-state index >= 15 is 0 Å². The molecule has 1 aromatic carbocycles. The zero-order valence-electron chi connectivity index (χ0n) is 19.5. The molecule has 0 amide bonds. The zero-order valence-corrected chi connectivity index (χ0v) is 19.5. The maximum absolute atomic E-state index is 10.5. The monoisotopic (exact) mass is 413 g/mol. The topological polar surface area (TPSA) is 32.7 Å². The third kappa shape index (κ3) is 5.29. The Kier molecular flexibility index (Phi) is 6.91. The fourth-order valence-corrected chi connectivity index (χ4v) is 7.20. The highest BCUT2D eigenvalue weighted by Crippen LogP contribution is 2.58. The largest absolute Gasteiger partial charge is 0.389 e. The molecule has 1 N–H and O–H groups in total. The molecule has 3 aliphatic rings. The predicted octanol–water partition coefficient (Wildman–Crippen LogP) is 5.27. The molecule has 5 atom stereocenters. The maximum atomic E-state index is 10.5. The third-order valence-corrected chi connectivity index (χ3v) is 8.19. The Balaban J connectivity index is 1.33. The Hall–Kier alpha value is -0.900. The van der Waals surface area contributed by atoms with Crippen LogP contribution in [0.1, 0.15) is 71.3 Å². The molecule has 1 saturated heterocycles. The number of piperidine rings is 1. The van der Waals surface area contributed by atoms with E-state index in [-0.39, 0.29) is 11.5 Å². The number of aliphatic hydroxyl groups is 1. The van der Waals surface area contributed by atoms with Crippen molar-refractivity contribution < 1.29 is 9.84 Å². The SMILES string of the molecule is CC1CCN(CC(O)COCC2(C)CC3CC(C)CC(c4ccccc4)(C3)C2)CC1. The van der Waals surface area contributed by atoms with Crippen LogP contribution in [0.25, 0.3) is 0 Å². The van der Waals surface area contributed by atoms with Gasteiger partial charge in [0.15, 0.2) is 0 Å². The summed E-state index contributed by atoms with van der Waals surface area (Å²) in [6.45, 7) is 11.5. The van der Waals surface area contributed by atoms with E-state index in [1.54, 1.807) is 0 Å². The Morgan fingerprint density at radius 2 is 1.80 bits per heavy atom. The number of likely N-dealkylation sites (tertiary alicyclic amines) is 1. The molecule has 2 aliphatic carbocycles. The van der Waals surface area contributed by atoms with E-state index in [0.717, 1.165) is 44.0 Å². The fourth-order valence-electron chi connectivity index (χ4n) is 7.20. The predicted molar refractivity (Wildman–Crippen MR) is 124 cm³/mol. The second-order valence-corrected chi connectivity index (χ2v) is 11.6. The normalized spacial score (nSPS) is 36.5. The van der Waals surface area contributed by atoms with Crippen LogP contribution in [0.4, 0.5) is 0 Å². The Bertz CT molecular complexity index is 667. The molecule has 168 valence electrons. The van der Waals surface area contributed by atoms with E-state index in [0.29, 0.717) is 12.0 Å². The van der Waals surface area contributed by atoms with E-state index in [1.165, 1.54) is 50.5 Å². The molecule has 0 spiro atoms. The van der Waals surface area contributed by atoms with Crippen molar-refractivity contribution in [3.63, 3.8) is 0 Å². The minimum atomic E-state index is -0.367. The number of fused-ring (bicyclic) bond motifs is 2. The Morgan fingerprint density at radius 1 is 1.07 bits per heavy atom. The molecule has 2 saturated carbocycles. The molecule has 0 aromatic heterocycles. The summed E-state index contributed by atoms with van der Waals surface area (Å²) in [5.74, 6) is 2.44. The lowest BCUT2D eigenvalue weighted by molar-refractivity contribution is -0.0598. The Labute approximate surface area is 184 Å². The molecule has 1 aliphatic heterocycles. The zero-order chi connectivity index (χ0) is 21.2. The standard InChI is InChI=1S/C27H43NO2/c1-21-9-11-28(12-10-21)17-25(29)18-30-20-26(3)15-23-13-22(2)14-27(16-23,19-26)24-7-5-4-6-8-24/h4-8,21-23,25,29H,9-20H2,1-3H3. The van der Waals surface area contributed by atoms with Crippen molar-refractivity contribution in [2.75, 3.05) is 32.8 Å². The number of hydrogen-bond donors (Lipinski definition) is 1. The number of nitrogens with zero attached hydrogens (tertiary/aromatic N) is 1. The maximum Gasteiger partial charge on any atom is 0.0900 e. The summed E-state index contributed by atoms with van der Waals surface area (Å²) in [4.78, 5) is 2.41. The summed E-state index contributed by atoms with van der Waals surface area (Å²) < 4.78 is 6.20. The van der Waals surface area contributed by atoms with Gasteiger partial charge in [-0.25, -0.2) is 0 Å². The quantitative estimate of drug-likeness (QED) is 0.661. The highest BCUT2D eigenvalue weighted by Gasteiger charge is 2.50. The number of hydrogen-bond acceptors (Lipinski definition) is 3. The van der Waals surface area contributed by atoms with Gasteiger partial charge in [-0.2, -0.15) is 0 Å². The van der Waals surface area contributed by atoms with Crippen LogP contribution in [0.2, 0.25) is 0 Å². The van der Waals surface area contributed by atoms with Crippen LogP contribution in [0.3, 0.4) is 0 Å². The average Bonchev–Trinajstić information content (AvgIpc) is 2.69. The molecule has 2 bridgehead atoms.